The summed E-state index contributed by atoms with van der Waals surface area (Å²) in [5.74, 6) is -0.416. The quantitative estimate of drug-likeness (QED) is 0.574. The number of amides is 2. The molecule has 2 rings (SSSR count). The van der Waals surface area contributed by atoms with E-state index in [9.17, 15) is 9.59 Å². The minimum atomic E-state index is -0.248. The summed E-state index contributed by atoms with van der Waals surface area (Å²) in [6.07, 6.45) is 0.301. The van der Waals surface area contributed by atoms with Crippen LogP contribution < -0.4 is 10.7 Å². The number of nitrogens with one attached hydrogen (secondary N) is 2. The van der Waals surface area contributed by atoms with Crippen LogP contribution in [-0.2, 0) is 16.0 Å². The summed E-state index contributed by atoms with van der Waals surface area (Å²) in [5.41, 5.74) is 7.87. The van der Waals surface area contributed by atoms with Crippen LogP contribution in [0.3, 0.4) is 0 Å². The lowest BCUT2D eigenvalue weighted by atomic mass is 10.0. The smallest absolute Gasteiger partial charge is 0.244 e. The Kier molecular flexibility index (Phi) is 7.13. The number of hydrazone groups is 1. The van der Waals surface area contributed by atoms with Crippen molar-refractivity contribution >= 4 is 34.8 Å². The Balaban J connectivity index is 1.88. The van der Waals surface area contributed by atoms with Crippen molar-refractivity contribution in [1.29, 1.82) is 0 Å². The highest BCUT2D eigenvalue weighted by Crippen LogP contribution is 2.22. The Bertz CT molecular complexity index is 850. The summed E-state index contributed by atoms with van der Waals surface area (Å²) in [5, 5.41) is 7.56. The third-order valence-electron chi connectivity index (χ3n) is 4.01. The predicted molar refractivity (Wildman–Crippen MR) is 110 cm³/mol. The maximum Gasteiger partial charge on any atom is 0.244 e. The van der Waals surface area contributed by atoms with Crippen LogP contribution in [0.15, 0.2) is 41.5 Å². The molecular formula is C21H24ClN3O2. The van der Waals surface area contributed by atoms with Gasteiger partial charge in [-0.15, -0.1) is 0 Å². The van der Waals surface area contributed by atoms with Gasteiger partial charge in [0, 0.05) is 16.4 Å². The van der Waals surface area contributed by atoms with E-state index in [1.165, 1.54) is 0 Å². The van der Waals surface area contributed by atoms with E-state index in [4.69, 9.17) is 11.6 Å². The van der Waals surface area contributed by atoms with Gasteiger partial charge in [0.2, 0.25) is 11.8 Å². The van der Waals surface area contributed by atoms with Crippen molar-refractivity contribution in [3.05, 3.63) is 63.7 Å². The first kappa shape index (κ1) is 20.6. The van der Waals surface area contributed by atoms with Crippen LogP contribution in [0.25, 0.3) is 0 Å². The van der Waals surface area contributed by atoms with E-state index >= 15 is 0 Å². The standard InChI is InChI=1S/C21H24ClN3O2/c1-13-9-14(2)21(15(3)10-13)23-19(26)11-16(4)24-25-20(27)12-17-5-7-18(22)8-6-17/h5-10H,11-12H2,1-4H3,(H,23,26)(H,25,27). The molecule has 0 aliphatic heterocycles. The highest BCUT2D eigenvalue weighted by Gasteiger charge is 2.10. The SMILES string of the molecule is CC(CC(=O)Nc1c(C)cc(C)cc1C)=NNC(=O)Cc1ccc(Cl)cc1. The predicted octanol–water partition coefficient (Wildman–Crippen LogP) is 4.33. The summed E-state index contributed by atoms with van der Waals surface area (Å²) in [6.45, 7) is 7.66. The second kappa shape index (κ2) is 9.33. The maximum absolute atomic E-state index is 12.3. The number of carbonyl (C=O) groups excluding carboxylic acids is 2. The highest BCUT2D eigenvalue weighted by atomic mass is 35.5. The molecule has 0 unspecified atom stereocenters. The molecule has 0 radical (unpaired) electrons. The number of aryl methyl sites for hydroxylation is 3. The van der Waals surface area contributed by atoms with Gasteiger partial charge < -0.3 is 5.32 Å². The Morgan fingerprint density at radius 1 is 1.00 bits per heavy atom. The first-order valence-corrected chi connectivity index (χ1v) is 9.06. The first-order valence-electron chi connectivity index (χ1n) is 8.68. The van der Waals surface area contributed by atoms with Crippen LogP contribution in [0, 0.1) is 20.8 Å². The normalized spacial score (nSPS) is 11.2. The molecule has 0 fully saturated rings. The van der Waals surface area contributed by atoms with Crippen molar-refractivity contribution in [3.63, 3.8) is 0 Å². The van der Waals surface area contributed by atoms with E-state index in [0.29, 0.717) is 10.7 Å². The molecule has 0 aromatic heterocycles. The van der Waals surface area contributed by atoms with Crippen LogP contribution in [0.2, 0.25) is 5.02 Å². The Morgan fingerprint density at radius 3 is 2.19 bits per heavy atom. The fraction of sp³-hybridized carbons (Fsp3) is 0.286. The average Bonchev–Trinajstić information content (AvgIpc) is 2.58. The van der Waals surface area contributed by atoms with Crippen molar-refractivity contribution in [1.82, 2.24) is 5.43 Å². The topological polar surface area (TPSA) is 70.6 Å². The van der Waals surface area contributed by atoms with Gasteiger partial charge in [0.15, 0.2) is 0 Å². The van der Waals surface area contributed by atoms with Gasteiger partial charge in [-0.05, 0) is 56.5 Å². The van der Waals surface area contributed by atoms with E-state index in [1.807, 2.05) is 32.9 Å². The largest absolute Gasteiger partial charge is 0.325 e. The zero-order chi connectivity index (χ0) is 20.0. The summed E-state index contributed by atoms with van der Waals surface area (Å²) in [6, 6.07) is 11.1. The van der Waals surface area contributed by atoms with E-state index < -0.39 is 0 Å². The molecule has 2 aromatic carbocycles. The molecular weight excluding hydrogens is 362 g/mol. The van der Waals surface area contributed by atoms with Gasteiger partial charge in [0.25, 0.3) is 0 Å². The summed E-state index contributed by atoms with van der Waals surface area (Å²) in [4.78, 5) is 24.2. The van der Waals surface area contributed by atoms with E-state index in [1.54, 1.807) is 31.2 Å². The number of benzene rings is 2. The van der Waals surface area contributed by atoms with Gasteiger partial charge >= 0.3 is 0 Å². The van der Waals surface area contributed by atoms with Crippen molar-refractivity contribution < 1.29 is 9.59 Å². The molecule has 2 amide bonds. The Morgan fingerprint density at radius 2 is 1.59 bits per heavy atom. The molecule has 0 bridgehead atoms. The first-order chi connectivity index (χ1) is 12.7. The number of hydrogen-bond donors (Lipinski definition) is 2. The zero-order valence-electron chi connectivity index (χ0n) is 16.0. The molecule has 2 aromatic rings. The molecule has 0 aliphatic carbocycles. The second-order valence-corrected chi connectivity index (χ2v) is 7.12. The number of carbonyl (C=O) groups is 2. The van der Waals surface area contributed by atoms with Gasteiger partial charge in [-0.3, -0.25) is 9.59 Å². The van der Waals surface area contributed by atoms with E-state index in [-0.39, 0.29) is 24.7 Å². The number of halogens is 1. The third-order valence-corrected chi connectivity index (χ3v) is 4.26. The number of anilines is 1. The lowest BCUT2D eigenvalue weighted by Gasteiger charge is -2.12. The van der Waals surface area contributed by atoms with Crippen molar-refractivity contribution in [2.75, 3.05) is 5.32 Å². The van der Waals surface area contributed by atoms with Gasteiger partial charge in [0.05, 0.1) is 12.8 Å². The van der Waals surface area contributed by atoms with Crippen molar-refractivity contribution in [2.24, 2.45) is 5.10 Å². The van der Waals surface area contributed by atoms with E-state index in [0.717, 1.165) is 27.9 Å². The number of rotatable bonds is 6. The molecule has 0 spiro atoms. The molecule has 0 saturated heterocycles. The number of hydrogen-bond acceptors (Lipinski definition) is 3. The molecule has 0 heterocycles. The molecule has 2 N–H and O–H groups in total. The lowest BCUT2D eigenvalue weighted by Crippen LogP contribution is -2.23. The molecule has 27 heavy (non-hydrogen) atoms. The summed E-state index contributed by atoms with van der Waals surface area (Å²) < 4.78 is 0. The Labute approximate surface area is 164 Å². The Hall–Kier alpha value is -2.66. The minimum absolute atomic E-state index is 0.105. The van der Waals surface area contributed by atoms with Crippen LogP contribution in [0.4, 0.5) is 5.69 Å². The van der Waals surface area contributed by atoms with Gasteiger partial charge in [-0.1, -0.05) is 41.4 Å². The summed E-state index contributed by atoms with van der Waals surface area (Å²) >= 11 is 5.82. The molecule has 142 valence electrons. The van der Waals surface area contributed by atoms with Gasteiger partial charge in [-0.25, -0.2) is 5.43 Å². The average molecular weight is 386 g/mol. The fourth-order valence-corrected chi connectivity index (χ4v) is 2.94. The van der Waals surface area contributed by atoms with Crippen LogP contribution in [0.5, 0.6) is 0 Å². The van der Waals surface area contributed by atoms with Gasteiger partial charge in [0.1, 0.15) is 0 Å². The molecule has 0 saturated carbocycles. The molecule has 0 aliphatic rings. The number of nitrogens with zero attached hydrogens (tertiary/aromatic N) is 1. The van der Waals surface area contributed by atoms with Crippen molar-refractivity contribution in [2.45, 2.75) is 40.5 Å². The minimum Gasteiger partial charge on any atom is -0.325 e. The summed E-state index contributed by atoms with van der Waals surface area (Å²) in [7, 11) is 0. The second-order valence-electron chi connectivity index (χ2n) is 6.68. The zero-order valence-corrected chi connectivity index (χ0v) is 16.8. The van der Waals surface area contributed by atoms with Crippen LogP contribution >= 0.6 is 11.6 Å². The third kappa shape index (κ3) is 6.53. The molecule has 0 atom stereocenters. The van der Waals surface area contributed by atoms with Crippen molar-refractivity contribution in [3.8, 4) is 0 Å². The van der Waals surface area contributed by atoms with Gasteiger partial charge in [-0.2, -0.15) is 5.10 Å². The van der Waals surface area contributed by atoms with E-state index in [2.05, 4.69) is 15.8 Å². The lowest BCUT2D eigenvalue weighted by molar-refractivity contribution is -0.120. The maximum atomic E-state index is 12.3. The fourth-order valence-electron chi connectivity index (χ4n) is 2.82. The highest BCUT2D eigenvalue weighted by molar-refractivity contribution is 6.30. The van der Waals surface area contributed by atoms with Crippen LogP contribution in [0.1, 0.15) is 35.6 Å². The molecule has 6 heteroatoms. The van der Waals surface area contributed by atoms with Crippen LogP contribution in [-0.4, -0.2) is 17.5 Å². The molecule has 5 nitrogen and oxygen atoms in total. The monoisotopic (exact) mass is 385 g/mol.